The fourth-order valence-corrected chi connectivity index (χ4v) is 1.36. The molecule has 0 saturated carbocycles. The smallest absolute Gasteiger partial charge is 0.218 e. The fourth-order valence-electron chi connectivity index (χ4n) is 1.36. The Kier molecular flexibility index (Phi) is 7.34. The number of carbonyl (C=O) groups excluding carboxylic acids is 1. The number of hydrogen-bond donors (Lipinski definition) is 1. The Morgan fingerprint density at radius 3 is 2.31 bits per heavy atom. The van der Waals surface area contributed by atoms with Crippen molar-refractivity contribution in [2.75, 3.05) is 13.1 Å². The predicted octanol–water partition coefficient (Wildman–Crippen LogP) is 2.08. The Bertz CT molecular complexity index is 200. The van der Waals surface area contributed by atoms with Crippen molar-refractivity contribution in [3.05, 3.63) is 0 Å². The van der Waals surface area contributed by atoms with Crippen LogP contribution in [0.4, 0.5) is 0 Å². The zero-order valence-electron chi connectivity index (χ0n) is 11.1. The molecule has 0 rings (SSSR count). The number of hydrogen-bond acceptors (Lipinski definition) is 3. The van der Waals surface area contributed by atoms with E-state index in [9.17, 15) is 4.79 Å². The molecular weight excluding hydrogens is 204 g/mol. The molecule has 0 aliphatic rings. The summed E-state index contributed by atoms with van der Waals surface area (Å²) in [5.41, 5.74) is 4.92. The van der Waals surface area contributed by atoms with Gasteiger partial charge < -0.3 is 5.73 Å². The zero-order valence-corrected chi connectivity index (χ0v) is 11.1. The average molecular weight is 230 g/mol. The molecule has 0 aromatic rings. The van der Waals surface area contributed by atoms with Crippen LogP contribution in [0.25, 0.3) is 0 Å². The van der Waals surface area contributed by atoms with Crippen LogP contribution < -0.4 is 5.73 Å². The van der Waals surface area contributed by atoms with E-state index in [2.05, 4.69) is 6.92 Å². The molecule has 0 radical (unpaired) electrons. The molecule has 2 N–H and O–H groups in total. The predicted molar refractivity (Wildman–Crippen MR) is 65.7 cm³/mol. The van der Waals surface area contributed by atoms with Crippen molar-refractivity contribution < 1.29 is 9.63 Å². The molecule has 0 fully saturated rings. The van der Waals surface area contributed by atoms with Gasteiger partial charge in [-0.05, 0) is 27.2 Å². The molecule has 0 aliphatic heterocycles. The molecule has 4 heteroatoms. The van der Waals surface area contributed by atoms with Gasteiger partial charge in [0.05, 0.1) is 5.60 Å². The third-order valence-corrected chi connectivity index (χ3v) is 2.02. The molecule has 0 aliphatic carbocycles. The maximum absolute atomic E-state index is 10.7. The summed E-state index contributed by atoms with van der Waals surface area (Å²) < 4.78 is 0. The van der Waals surface area contributed by atoms with Crippen molar-refractivity contribution >= 4 is 5.91 Å². The first kappa shape index (κ1) is 15.4. The number of carbonyl (C=O) groups is 1. The largest absolute Gasteiger partial charge is 0.370 e. The van der Waals surface area contributed by atoms with E-state index in [1.807, 2.05) is 25.8 Å². The van der Waals surface area contributed by atoms with Crippen LogP contribution in [0.1, 0.15) is 53.4 Å². The number of unbranched alkanes of at least 4 members (excludes halogenated alkanes) is 2. The van der Waals surface area contributed by atoms with Gasteiger partial charge >= 0.3 is 0 Å². The third kappa shape index (κ3) is 9.93. The standard InChI is InChI=1S/C12H26N2O2/c1-5-6-7-9-14(10-8-11(13)15)16-12(2,3)4/h5-10H2,1-4H3,(H2,13,15). The van der Waals surface area contributed by atoms with E-state index >= 15 is 0 Å². The van der Waals surface area contributed by atoms with Crippen LogP contribution in [0.3, 0.4) is 0 Å². The minimum atomic E-state index is -0.280. The van der Waals surface area contributed by atoms with Crippen LogP contribution in [0.15, 0.2) is 0 Å². The van der Waals surface area contributed by atoms with Crippen molar-refractivity contribution in [1.29, 1.82) is 0 Å². The van der Waals surface area contributed by atoms with Crippen molar-refractivity contribution in [2.24, 2.45) is 5.73 Å². The number of primary amides is 1. The number of rotatable bonds is 8. The fraction of sp³-hybridized carbons (Fsp3) is 0.917. The zero-order chi connectivity index (χ0) is 12.6. The summed E-state index contributed by atoms with van der Waals surface area (Å²) in [4.78, 5) is 16.5. The molecule has 1 amide bonds. The maximum Gasteiger partial charge on any atom is 0.218 e. The summed E-state index contributed by atoms with van der Waals surface area (Å²) in [6.07, 6.45) is 3.80. The summed E-state index contributed by atoms with van der Waals surface area (Å²) >= 11 is 0. The van der Waals surface area contributed by atoms with Gasteiger partial charge in [0.2, 0.25) is 5.91 Å². The topological polar surface area (TPSA) is 55.6 Å². The van der Waals surface area contributed by atoms with Gasteiger partial charge in [-0.15, -0.1) is 0 Å². The first-order valence-corrected chi connectivity index (χ1v) is 6.07. The maximum atomic E-state index is 10.7. The first-order valence-electron chi connectivity index (χ1n) is 6.07. The molecule has 0 bridgehead atoms. The van der Waals surface area contributed by atoms with Crippen LogP contribution in [0, 0.1) is 0 Å². The molecule has 0 saturated heterocycles. The Morgan fingerprint density at radius 1 is 1.25 bits per heavy atom. The average Bonchev–Trinajstić information content (AvgIpc) is 2.12. The second kappa shape index (κ2) is 7.63. The highest BCUT2D eigenvalue weighted by molar-refractivity contribution is 5.73. The van der Waals surface area contributed by atoms with Crippen molar-refractivity contribution in [3.63, 3.8) is 0 Å². The molecule has 0 spiro atoms. The summed E-state index contributed by atoms with van der Waals surface area (Å²) in [7, 11) is 0. The first-order chi connectivity index (χ1) is 7.35. The van der Waals surface area contributed by atoms with E-state index in [4.69, 9.17) is 10.6 Å². The number of amides is 1. The van der Waals surface area contributed by atoms with Crippen LogP contribution in [-0.4, -0.2) is 29.7 Å². The van der Waals surface area contributed by atoms with Gasteiger partial charge in [0, 0.05) is 19.5 Å². The molecular formula is C12H26N2O2. The summed E-state index contributed by atoms with van der Waals surface area (Å²) in [6, 6.07) is 0. The lowest BCUT2D eigenvalue weighted by atomic mass is 10.2. The Balaban J connectivity index is 4.00. The van der Waals surface area contributed by atoms with Crippen LogP contribution in [-0.2, 0) is 9.63 Å². The Morgan fingerprint density at radius 2 is 1.88 bits per heavy atom. The van der Waals surface area contributed by atoms with E-state index in [-0.39, 0.29) is 11.5 Å². The second-order valence-corrected chi connectivity index (χ2v) is 5.06. The molecule has 0 unspecified atom stereocenters. The van der Waals surface area contributed by atoms with Gasteiger partial charge in [0.1, 0.15) is 0 Å². The summed E-state index contributed by atoms with van der Waals surface area (Å²) in [5, 5.41) is 1.86. The molecule has 4 nitrogen and oxygen atoms in total. The van der Waals surface area contributed by atoms with Gasteiger partial charge in [0.25, 0.3) is 0 Å². The summed E-state index contributed by atoms with van der Waals surface area (Å²) in [6.45, 7) is 9.62. The van der Waals surface area contributed by atoms with Gasteiger partial charge in [-0.25, -0.2) is 0 Å². The lowest BCUT2D eigenvalue weighted by Gasteiger charge is -2.29. The van der Waals surface area contributed by atoms with Crippen LogP contribution in [0.5, 0.6) is 0 Å². The lowest BCUT2D eigenvalue weighted by molar-refractivity contribution is -0.229. The van der Waals surface area contributed by atoms with E-state index in [0.29, 0.717) is 13.0 Å². The monoisotopic (exact) mass is 230 g/mol. The van der Waals surface area contributed by atoms with E-state index in [0.717, 1.165) is 13.0 Å². The highest BCUT2D eigenvalue weighted by Gasteiger charge is 2.17. The van der Waals surface area contributed by atoms with Gasteiger partial charge in [-0.1, -0.05) is 19.8 Å². The van der Waals surface area contributed by atoms with Gasteiger partial charge in [-0.3, -0.25) is 9.63 Å². The highest BCUT2D eigenvalue weighted by atomic mass is 16.7. The molecule has 0 aromatic heterocycles. The van der Waals surface area contributed by atoms with Crippen LogP contribution >= 0.6 is 0 Å². The SMILES string of the molecule is CCCCCN(CCC(N)=O)OC(C)(C)C. The molecule has 96 valence electrons. The second-order valence-electron chi connectivity index (χ2n) is 5.06. The normalized spacial score (nSPS) is 12.1. The van der Waals surface area contributed by atoms with E-state index in [1.54, 1.807) is 0 Å². The number of nitrogens with zero attached hydrogens (tertiary/aromatic N) is 1. The minimum Gasteiger partial charge on any atom is -0.370 e. The third-order valence-electron chi connectivity index (χ3n) is 2.02. The van der Waals surface area contributed by atoms with Crippen LogP contribution in [0.2, 0.25) is 0 Å². The van der Waals surface area contributed by atoms with Crippen molar-refractivity contribution in [1.82, 2.24) is 5.06 Å². The molecule has 0 heterocycles. The quantitative estimate of drug-likeness (QED) is 0.513. The lowest BCUT2D eigenvalue weighted by Crippen LogP contribution is -2.36. The number of nitrogens with two attached hydrogens (primary N) is 1. The Hall–Kier alpha value is -0.610. The van der Waals surface area contributed by atoms with E-state index in [1.165, 1.54) is 12.8 Å². The van der Waals surface area contributed by atoms with Crippen molar-refractivity contribution in [3.8, 4) is 0 Å². The molecule has 0 atom stereocenters. The molecule has 16 heavy (non-hydrogen) atoms. The van der Waals surface area contributed by atoms with E-state index < -0.39 is 0 Å². The van der Waals surface area contributed by atoms with Gasteiger partial charge in [0.15, 0.2) is 0 Å². The minimum absolute atomic E-state index is 0.218. The summed E-state index contributed by atoms with van der Waals surface area (Å²) in [5.74, 6) is -0.280. The number of hydroxylamine groups is 2. The Labute approximate surface area is 99.1 Å². The van der Waals surface area contributed by atoms with Gasteiger partial charge in [-0.2, -0.15) is 5.06 Å². The molecule has 0 aromatic carbocycles. The highest BCUT2D eigenvalue weighted by Crippen LogP contribution is 2.11. The van der Waals surface area contributed by atoms with Crippen molar-refractivity contribution in [2.45, 2.75) is 59.0 Å².